The summed E-state index contributed by atoms with van der Waals surface area (Å²) in [5.41, 5.74) is 6.59. The summed E-state index contributed by atoms with van der Waals surface area (Å²) in [5, 5.41) is 8.82. The SMILES string of the molecule is N#Cc1cc(OCc2cc(F)cc(F)c2)ccc1N. The molecule has 0 amide bonds. The normalized spacial score (nSPS) is 9.95. The molecule has 0 fully saturated rings. The van der Waals surface area contributed by atoms with Gasteiger partial charge in [0, 0.05) is 11.8 Å². The molecular weight excluding hydrogens is 250 g/mol. The maximum atomic E-state index is 13.0. The van der Waals surface area contributed by atoms with Gasteiger partial charge in [0.25, 0.3) is 0 Å². The lowest BCUT2D eigenvalue weighted by Gasteiger charge is -2.07. The van der Waals surface area contributed by atoms with Gasteiger partial charge in [-0.05, 0) is 35.9 Å². The topological polar surface area (TPSA) is 59.0 Å². The quantitative estimate of drug-likeness (QED) is 0.863. The van der Waals surface area contributed by atoms with Crippen LogP contribution in [0.5, 0.6) is 5.75 Å². The average Bonchev–Trinajstić information content (AvgIpc) is 2.36. The lowest BCUT2D eigenvalue weighted by molar-refractivity contribution is 0.305. The van der Waals surface area contributed by atoms with Crippen LogP contribution in [0.1, 0.15) is 11.1 Å². The van der Waals surface area contributed by atoms with E-state index in [9.17, 15) is 8.78 Å². The zero-order valence-corrected chi connectivity index (χ0v) is 9.86. The second-order valence-electron chi connectivity index (χ2n) is 3.93. The molecule has 0 unspecified atom stereocenters. The second kappa shape index (κ2) is 5.36. The number of rotatable bonds is 3. The molecule has 0 aliphatic heterocycles. The number of benzene rings is 2. The van der Waals surface area contributed by atoms with Gasteiger partial charge < -0.3 is 10.5 Å². The molecule has 0 bridgehead atoms. The van der Waals surface area contributed by atoms with Crippen molar-refractivity contribution >= 4 is 5.69 Å². The van der Waals surface area contributed by atoms with Crippen LogP contribution in [-0.4, -0.2) is 0 Å². The maximum Gasteiger partial charge on any atom is 0.126 e. The van der Waals surface area contributed by atoms with E-state index in [0.717, 1.165) is 6.07 Å². The number of nitrogens with zero attached hydrogens (tertiary/aromatic N) is 1. The van der Waals surface area contributed by atoms with Gasteiger partial charge in [-0.15, -0.1) is 0 Å². The number of nitriles is 1. The molecule has 0 saturated carbocycles. The molecular formula is C14H10F2N2O. The average molecular weight is 260 g/mol. The van der Waals surface area contributed by atoms with Gasteiger partial charge in [0.1, 0.15) is 30.1 Å². The fourth-order valence-corrected chi connectivity index (χ4v) is 1.58. The van der Waals surface area contributed by atoms with Gasteiger partial charge in [-0.2, -0.15) is 5.26 Å². The number of hydrogen-bond acceptors (Lipinski definition) is 3. The summed E-state index contributed by atoms with van der Waals surface area (Å²) in [4.78, 5) is 0. The van der Waals surface area contributed by atoms with E-state index in [-0.39, 0.29) is 6.61 Å². The Labute approximate surface area is 108 Å². The monoisotopic (exact) mass is 260 g/mol. The van der Waals surface area contributed by atoms with Crippen molar-refractivity contribution in [2.75, 3.05) is 5.73 Å². The molecule has 0 aliphatic rings. The van der Waals surface area contributed by atoms with Crippen molar-refractivity contribution in [3.8, 4) is 11.8 Å². The highest BCUT2D eigenvalue weighted by atomic mass is 19.1. The van der Waals surface area contributed by atoms with E-state index in [1.165, 1.54) is 18.2 Å². The van der Waals surface area contributed by atoms with Gasteiger partial charge in [-0.1, -0.05) is 0 Å². The molecule has 0 aromatic heterocycles. The van der Waals surface area contributed by atoms with E-state index in [1.54, 1.807) is 12.1 Å². The van der Waals surface area contributed by atoms with Crippen LogP contribution in [-0.2, 0) is 6.61 Å². The van der Waals surface area contributed by atoms with Crippen molar-refractivity contribution in [1.82, 2.24) is 0 Å². The van der Waals surface area contributed by atoms with Crippen LogP contribution < -0.4 is 10.5 Å². The smallest absolute Gasteiger partial charge is 0.126 e. The molecule has 19 heavy (non-hydrogen) atoms. The minimum Gasteiger partial charge on any atom is -0.489 e. The summed E-state index contributed by atoms with van der Waals surface area (Å²) in [6.07, 6.45) is 0. The summed E-state index contributed by atoms with van der Waals surface area (Å²) < 4.78 is 31.3. The van der Waals surface area contributed by atoms with Crippen molar-refractivity contribution in [3.63, 3.8) is 0 Å². The molecule has 2 aromatic rings. The largest absolute Gasteiger partial charge is 0.489 e. The Bertz CT molecular complexity index is 630. The van der Waals surface area contributed by atoms with Crippen molar-refractivity contribution in [2.45, 2.75) is 6.61 Å². The summed E-state index contributed by atoms with van der Waals surface area (Å²) >= 11 is 0. The van der Waals surface area contributed by atoms with Gasteiger partial charge in [0.05, 0.1) is 5.56 Å². The van der Waals surface area contributed by atoms with Crippen LogP contribution in [0, 0.1) is 23.0 Å². The van der Waals surface area contributed by atoms with Crippen molar-refractivity contribution in [1.29, 1.82) is 5.26 Å². The van der Waals surface area contributed by atoms with Gasteiger partial charge in [-0.3, -0.25) is 0 Å². The predicted molar refractivity (Wildman–Crippen MR) is 66.3 cm³/mol. The molecule has 0 radical (unpaired) electrons. The lowest BCUT2D eigenvalue weighted by Crippen LogP contribution is -1.98. The molecule has 0 spiro atoms. The minimum absolute atomic E-state index is 0.00344. The fraction of sp³-hybridized carbons (Fsp3) is 0.0714. The van der Waals surface area contributed by atoms with Crippen molar-refractivity contribution in [2.24, 2.45) is 0 Å². The molecule has 5 heteroatoms. The third-order valence-electron chi connectivity index (χ3n) is 2.47. The van der Waals surface area contributed by atoms with Gasteiger partial charge in [0.2, 0.25) is 0 Å². The van der Waals surface area contributed by atoms with Crippen molar-refractivity contribution in [3.05, 3.63) is 59.2 Å². The Morgan fingerprint density at radius 2 is 1.79 bits per heavy atom. The number of halogens is 2. The third kappa shape index (κ3) is 3.19. The molecule has 2 rings (SSSR count). The molecule has 2 aromatic carbocycles. The van der Waals surface area contributed by atoms with E-state index in [2.05, 4.69) is 0 Å². The summed E-state index contributed by atoms with van der Waals surface area (Å²) in [7, 11) is 0. The van der Waals surface area contributed by atoms with Crippen LogP contribution in [0.25, 0.3) is 0 Å². The molecule has 0 heterocycles. The number of nitrogen functional groups attached to an aromatic ring is 1. The molecule has 96 valence electrons. The first-order chi connectivity index (χ1) is 9.08. The van der Waals surface area contributed by atoms with E-state index in [1.807, 2.05) is 6.07 Å². The first-order valence-electron chi connectivity index (χ1n) is 5.46. The Hall–Kier alpha value is -2.61. The van der Waals surface area contributed by atoms with Crippen LogP contribution in [0.4, 0.5) is 14.5 Å². The molecule has 2 N–H and O–H groups in total. The lowest BCUT2D eigenvalue weighted by atomic mass is 10.2. The highest BCUT2D eigenvalue weighted by molar-refractivity contribution is 5.56. The standard InChI is InChI=1S/C14H10F2N2O/c15-11-3-9(4-12(16)6-11)8-19-13-1-2-14(18)10(5-13)7-17/h1-6H,8,18H2. The summed E-state index contributed by atoms with van der Waals surface area (Å²) in [5.74, 6) is -0.905. The Kier molecular flexibility index (Phi) is 3.62. The fourth-order valence-electron chi connectivity index (χ4n) is 1.58. The number of anilines is 1. The minimum atomic E-state index is -0.659. The number of hydrogen-bond donors (Lipinski definition) is 1. The number of ether oxygens (including phenoxy) is 1. The highest BCUT2D eigenvalue weighted by Gasteiger charge is 2.04. The van der Waals surface area contributed by atoms with Crippen LogP contribution in [0.15, 0.2) is 36.4 Å². The summed E-state index contributed by atoms with van der Waals surface area (Å²) in [6, 6.07) is 9.70. The van der Waals surface area contributed by atoms with E-state index in [4.69, 9.17) is 15.7 Å². The van der Waals surface area contributed by atoms with E-state index >= 15 is 0 Å². The van der Waals surface area contributed by atoms with Gasteiger partial charge in [0.15, 0.2) is 0 Å². The zero-order valence-electron chi connectivity index (χ0n) is 9.86. The van der Waals surface area contributed by atoms with Crippen LogP contribution >= 0.6 is 0 Å². The Balaban J connectivity index is 2.12. The van der Waals surface area contributed by atoms with E-state index in [0.29, 0.717) is 22.6 Å². The van der Waals surface area contributed by atoms with Crippen LogP contribution in [0.2, 0.25) is 0 Å². The first-order valence-corrected chi connectivity index (χ1v) is 5.46. The molecule has 0 saturated heterocycles. The zero-order chi connectivity index (χ0) is 13.8. The maximum absolute atomic E-state index is 13.0. The van der Waals surface area contributed by atoms with Crippen LogP contribution in [0.3, 0.4) is 0 Å². The molecule has 3 nitrogen and oxygen atoms in total. The predicted octanol–water partition coefficient (Wildman–Crippen LogP) is 3.00. The molecule has 0 atom stereocenters. The molecule has 0 aliphatic carbocycles. The van der Waals surface area contributed by atoms with Crippen molar-refractivity contribution < 1.29 is 13.5 Å². The van der Waals surface area contributed by atoms with Gasteiger partial charge in [-0.25, -0.2) is 8.78 Å². The van der Waals surface area contributed by atoms with Gasteiger partial charge >= 0.3 is 0 Å². The van der Waals surface area contributed by atoms with E-state index < -0.39 is 11.6 Å². The first kappa shape index (κ1) is 12.8. The second-order valence-corrected chi connectivity index (χ2v) is 3.93. The highest BCUT2D eigenvalue weighted by Crippen LogP contribution is 2.20. The number of nitrogens with two attached hydrogens (primary N) is 1. The third-order valence-corrected chi connectivity index (χ3v) is 2.47. The summed E-state index contributed by atoms with van der Waals surface area (Å²) in [6.45, 7) is 0.00344. The Morgan fingerprint density at radius 3 is 2.42 bits per heavy atom. The Morgan fingerprint density at radius 1 is 1.11 bits per heavy atom.